The maximum Gasteiger partial charge on any atom is 0.126 e. The Hall–Kier alpha value is 0.527. The Morgan fingerprint density at radius 1 is 0.771 bits per heavy atom. The molecule has 1 nitrogen and oxygen atoms in total. The van der Waals surface area contributed by atoms with E-state index in [9.17, 15) is 0 Å². The zero-order chi connectivity index (χ0) is 26.2. The van der Waals surface area contributed by atoms with Crippen molar-refractivity contribution in [2.45, 2.75) is 148 Å². The van der Waals surface area contributed by atoms with E-state index in [1.807, 2.05) is 0 Å². The van der Waals surface area contributed by atoms with E-state index < -0.39 is 8.24 Å². The molecule has 0 spiro atoms. The maximum atomic E-state index is 3.07. The first-order chi connectivity index (χ1) is 16.0. The van der Waals surface area contributed by atoms with Gasteiger partial charge in [0, 0.05) is 21.6 Å². The molecule has 10 unspecified atom stereocenters. The Morgan fingerprint density at radius 3 is 1.86 bits per heavy atom. The second kappa shape index (κ2) is 9.62. The molecule has 204 valence electrons. The molecule has 0 amide bonds. The first-order valence-corrected chi connectivity index (χ1v) is 19.4. The standard InChI is InChI=1S/C32H61NSSi/c1-19(2)23-15-14-16-24-27-26-22(18-25(20(3)4)29(27)34-28(23)24)17-21(5)30(26)35(12,13)33(31(6,7)8)32(9,10)11/h19-30H,14-18H2,1-13H3. The first-order valence-electron chi connectivity index (χ1n) is 15.4. The summed E-state index contributed by atoms with van der Waals surface area (Å²) < 4.78 is 3.07. The molecule has 3 aliphatic carbocycles. The van der Waals surface area contributed by atoms with Gasteiger partial charge >= 0.3 is 0 Å². The van der Waals surface area contributed by atoms with Crippen molar-refractivity contribution in [2.24, 2.45) is 53.3 Å². The fraction of sp³-hybridized carbons (Fsp3) is 1.00. The topological polar surface area (TPSA) is 3.24 Å². The number of thioether (sulfide) groups is 1. The van der Waals surface area contributed by atoms with Crippen LogP contribution in [0.4, 0.5) is 0 Å². The minimum atomic E-state index is -1.72. The molecule has 3 saturated carbocycles. The minimum Gasteiger partial charge on any atom is -0.314 e. The van der Waals surface area contributed by atoms with Gasteiger partial charge in [-0.25, -0.2) is 0 Å². The largest absolute Gasteiger partial charge is 0.314 e. The maximum absolute atomic E-state index is 3.07. The molecule has 1 aliphatic heterocycles. The Labute approximate surface area is 225 Å². The third-order valence-corrected chi connectivity index (χ3v) is 18.3. The smallest absolute Gasteiger partial charge is 0.126 e. The zero-order valence-corrected chi connectivity index (χ0v) is 27.6. The Bertz CT molecular complexity index is 732. The fourth-order valence-corrected chi connectivity index (χ4v) is 20.9. The Balaban J connectivity index is 1.78. The lowest BCUT2D eigenvalue weighted by atomic mass is 9.59. The first kappa shape index (κ1) is 28.5. The monoisotopic (exact) mass is 519 g/mol. The van der Waals surface area contributed by atoms with Gasteiger partial charge in [0.25, 0.3) is 0 Å². The Morgan fingerprint density at radius 2 is 1.34 bits per heavy atom. The van der Waals surface area contributed by atoms with E-state index in [0.29, 0.717) is 0 Å². The second-order valence-corrected chi connectivity index (χ2v) is 22.5. The SMILES string of the molecule is CC(C)C1CCCC2C1SC1C(C(C)C)CC3CC(C)C([Si](C)(C)N(C(C)(C)C)C(C)(C)C)C3C21. The number of nitrogens with zero attached hydrogens (tertiary/aromatic N) is 1. The minimum absolute atomic E-state index is 0.223. The highest BCUT2D eigenvalue weighted by Gasteiger charge is 2.64. The van der Waals surface area contributed by atoms with E-state index in [4.69, 9.17) is 0 Å². The summed E-state index contributed by atoms with van der Waals surface area (Å²) >= 11 is 2.54. The zero-order valence-electron chi connectivity index (χ0n) is 25.8. The molecule has 0 radical (unpaired) electrons. The molecular formula is C32H61NSSi. The predicted molar refractivity (Wildman–Crippen MR) is 161 cm³/mol. The molecule has 0 aromatic carbocycles. The average Bonchev–Trinajstić information content (AvgIpc) is 3.20. The van der Waals surface area contributed by atoms with Crippen LogP contribution in [0, 0.1) is 53.3 Å². The van der Waals surface area contributed by atoms with E-state index in [1.54, 1.807) is 0 Å². The van der Waals surface area contributed by atoms with Crippen molar-refractivity contribution in [1.29, 1.82) is 0 Å². The number of rotatable bonds is 4. The van der Waals surface area contributed by atoms with Crippen LogP contribution in [0.15, 0.2) is 0 Å². The summed E-state index contributed by atoms with van der Waals surface area (Å²) in [7, 11) is -1.72. The van der Waals surface area contributed by atoms with Gasteiger partial charge in [0.15, 0.2) is 0 Å². The molecule has 3 heteroatoms. The van der Waals surface area contributed by atoms with E-state index >= 15 is 0 Å². The molecule has 4 fully saturated rings. The van der Waals surface area contributed by atoms with Crippen LogP contribution in [0.25, 0.3) is 0 Å². The molecule has 1 heterocycles. The van der Waals surface area contributed by atoms with Crippen LogP contribution in [0.1, 0.15) is 108 Å². The van der Waals surface area contributed by atoms with E-state index in [0.717, 1.165) is 69.3 Å². The lowest BCUT2D eigenvalue weighted by molar-refractivity contribution is 0.0538. The van der Waals surface area contributed by atoms with Gasteiger partial charge in [-0.2, -0.15) is 11.8 Å². The summed E-state index contributed by atoms with van der Waals surface area (Å²) in [5.41, 5.74) is 1.38. The molecule has 10 atom stereocenters. The third kappa shape index (κ3) is 4.88. The molecule has 4 aliphatic rings. The Kier molecular flexibility index (Phi) is 7.84. The number of fused-ring (bicyclic) bond motifs is 5. The summed E-state index contributed by atoms with van der Waals surface area (Å²) in [6.45, 7) is 33.4. The molecule has 0 aromatic rings. The predicted octanol–water partition coefficient (Wildman–Crippen LogP) is 9.58. The average molecular weight is 520 g/mol. The van der Waals surface area contributed by atoms with Crippen LogP contribution >= 0.6 is 11.8 Å². The normalized spacial score (nSPS) is 42.5. The van der Waals surface area contributed by atoms with E-state index in [2.05, 4.69) is 106 Å². The summed E-state index contributed by atoms with van der Waals surface area (Å²) in [6, 6.07) is 0. The van der Waals surface area contributed by atoms with Gasteiger partial charge in [-0.05, 0) is 126 Å². The van der Waals surface area contributed by atoms with Crippen LogP contribution in [-0.2, 0) is 0 Å². The van der Waals surface area contributed by atoms with Gasteiger partial charge in [-0.1, -0.05) is 54.1 Å². The van der Waals surface area contributed by atoms with Gasteiger partial charge in [0.1, 0.15) is 8.24 Å². The van der Waals surface area contributed by atoms with Gasteiger partial charge < -0.3 is 4.57 Å². The highest BCUT2D eigenvalue weighted by molar-refractivity contribution is 8.00. The quantitative estimate of drug-likeness (QED) is 0.340. The van der Waals surface area contributed by atoms with Crippen LogP contribution < -0.4 is 0 Å². The van der Waals surface area contributed by atoms with Crippen molar-refractivity contribution in [3.8, 4) is 0 Å². The van der Waals surface area contributed by atoms with Gasteiger partial charge in [-0.15, -0.1) is 0 Å². The molecule has 0 bridgehead atoms. The van der Waals surface area contributed by atoms with E-state index in [1.165, 1.54) is 32.1 Å². The van der Waals surface area contributed by atoms with E-state index in [-0.39, 0.29) is 11.1 Å². The van der Waals surface area contributed by atoms with Gasteiger partial charge in [0.05, 0.1) is 0 Å². The molecule has 0 N–H and O–H groups in total. The summed E-state index contributed by atoms with van der Waals surface area (Å²) in [5, 5.41) is 1.88. The van der Waals surface area contributed by atoms with Crippen molar-refractivity contribution in [3.63, 3.8) is 0 Å². The molecule has 35 heavy (non-hydrogen) atoms. The lowest BCUT2D eigenvalue weighted by Crippen LogP contribution is -2.68. The van der Waals surface area contributed by atoms with Crippen molar-refractivity contribution < 1.29 is 0 Å². The fourth-order valence-electron chi connectivity index (χ4n) is 11.4. The van der Waals surface area contributed by atoms with Crippen LogP contribution in [0.2, 0.25) is 18.6 Å². The van der Waals surface area contributed by atoms with Crippen LogP contribution in [-0.4, -0.2) is 34.4 Å². The van der Waals surface area contributed by atoms with Gasteiger partial charge in [-0.3, -0.25) is 0 Å². The third-order valence-electron chi connectivity index (χ3n) is 11.2. The highest BCUT2D eigenvalue weighted by atomic mass is 32.2. The number of hydrogen-bond donors (Lipinski definition) is 0. The summed E-state index contributed by atoms with van der Waals surface area (Å²) in [6.07, 6.45) is 7.55. The molecular weight excluding hydrogens is 459 g/mol. The number of hydrogen-bond acceptors (Lipinski definition) is 2. The van der Waals surface area contributed by atoms with Crippen molar-refractivity contribution in [3.05, 3.63) is 0 Å². The van der Waals surface area contributed by atoms with Crippen molar-refractivity contribution >= 4 is 20.0 Å². The second-order valence-electron chi connectivity index (χ2n) is 16.7. The molecule has 4 rings (SSSR count). The molecule has 1 saturated heterocycles. The van der Waals surface area contributed by atoms with Crippen LogP contribution in [0.3, 0.4) is 0 Å². The van der Waals surface area contributed by atoms with Gasteiger partial charge in [0.2, 0.25) is 0 Å². The van der Waals surface area contributed by atoms with Crippen molar-refractivity contribution in [2.75, 3.05) is 0 Å². The summed E-state index contributed by atoms with van der Waals surface area (Å²) in [5.74, 6) is 8.43. The van der Waals surface area contributed by atoms with Crippen molar-refractivity contribution in [1.82, 2.24) is 4.57 Å². The highest BCUT2D eigenvalue weighted by Crippen LogP contribution is 2.69. The molecule has 0 aromatic heterocycles. The summed E-state index contributed by atoms with van der Waals surface area (Å²) in [4.78, 5) is 0. The lowest BCUT2D eigenvalue weighted by Gasteiger charge is -2.59. The van der Waals surface area contributed by atoms with Crippen LogP contribution in [0.5, 0.6) is 0 Å².